The van der Waals surface area contributed by atoms with Crippen molar-refractivity contribution in [2.75, 3.05) is 5.32 Å². The lowest BCUT2D eigenvalue weighted by atomic mass is 10.1. The number of H-pyrrole nitrogens is 1. The fourth-order valence-electron chi connectivity index (χ4n) is 2.89. The molecule has 0 spiro atoms. The van der Waals surface area contributed by atoms with Gasteiger partial charge in [-0.1, -0.05) is 0 Å². The fourth-order valence-corrected chi connectivity index (χ4v) is 2.89. The number of aromatic amines is 1. The van der Waals surface area contributed by atoms with Crippen molar-refractivity contribution in [1.29, 1.82) is 0 Å². The molecule has 1 fully saturated rings. The van der Waals surface area contributed by atoms with Crippen LogP contribution in [0.15, 0.2) is 30.6 Å². The molecule has 1 aliphatic carbocycles. The molecule has 1 amide bonds. The van der Waals surface area contributed by atoms with Gasteiger partial charge in [0.1, 0.15) is 0 Å². The molecule has 1 aromatic carbocycles. The summed E-state index contributed by atoms with van der Waals surface area (Å²) >= 11 is 0. The van der Waals surface area contributed by atoms with Gasteiger partial charge in [-0.25, -0.2) is 0 Å². The molecule has 0 aliphatic heterocycles. The van der Waals surface area contributed by atoms with E-state index in [1.807, 2.05) is 29.1 Å². The van der Waals surface area contributed by atoms with Gasteiger partial charge in [0.25, 0.3) is 5.91 Å². The second-order valence-electron chi connectivity index (χ2n) is 6.38. The highest BCUT2D eigenvalue weighted by atomic mass is 16.1. The van der Waals surface area contributed by atoms with Crippen LogP contribution in [-0.2, 0) is 0 Å². The van der Waals surface area contributed by atoms with E-state index in [9.17, 15) is 4.79 Å². The van der Waals surface area contributed by atoms with Crippen molar-refractivity contribution in [2.45, 2.75) is 38.6 Å². The zero-order chi connectivity index (χ0) is 16.0. The molecule has 2 N–H and O–H groups in total. The predicted octanol–water partition coefficient (Wildman–Crippen LogP) is 3.47. The number of benzene rings is 1. The topological polar surface area (TPSA) is 75.6 Å². The molecule has 0 radical (unpaired) electrons. The third-order valence-corrected chi connectivity index (χ3v) is 4.24. The van der Waals surface area contributed by atoms with Crippen LogP contribution >= 0.6 is 0 Å². The Kier molecular flexibility index (Phi) is 3.18. The van der Waals surface area contributed by atoms with Crippen LogP contribution in [0.2, 0.25) is 0 Å². The lowest BCUT2D eigenvalue weighted by Gasteiger charge is -2.09. The van der Waals surface area contributed by atoms with Gasteiger partial charge in [-0.2, -0.15) is 10.2 Å². The summed E-state index contributed by atoms with van der Waals surface area (Å²) in [7, 11) is 0. The van der Waals surface area contributed by atoms with Gasteiger partial charge in [0.05, 0.1) is 29.2 Å². The number of hydrogen-bond donors (Lipinski definition) is 2. The first-order valence-electron chi connectivity index (χ1n) is 7.95. The lowest BCUT2D eigenvalue weighted by Crippen LogP contribution is -2.13. The largest absolute Gasteiger partial charge is 0.322 e. The number of amides is 1. The molecule has 3 aromatic rings. The second-order valence-corrected chi connectivity index (χ2v) is 6.38. The summed E-state index contributed by atoms with van der Waals surface area (Å²) in [6.07, 6.45) is 5.71. The minimum atomic E-state index is -0.115. The number of aromatic nitrogens is 4. The third-order valence-electron chi connectivity index (χ3n) is 4.24. The van der Waals surface area contributed by atoms with Crippen LogP contribution in [0.5, 0.6) is 0 Å². The number of carbonyl (C=O) groups excluding carboxylic acids is 1. The Morgan fingerprint density at radius 1 is 1.35 bits per heavy atom. The van der Waals surface area contributed by atoms with E-state index < -0.39 is 0 Å². The fraction of sp³-hybridized carbons (Fsp3) is 0.353. The van der Waals surface area contributed by atoms with Gasteiger partial charge in [0.15, 0.2) is 0 Å². The van der Waals surface area contributed by atoms with Gasteiger partial charge in [-0.15, -0.1) is 0 Å². The summed E-state index contributed by atoms with van der Waals surface area (Å²) in [5.74, 6) is 0.346. The van der Waals surface area contributed by atoms with Gasteiger partial charge in [0.2, 0.25) is 0 Å². The monoisotopic (exact) mass is 309 g/mol. The van der Waals surface area contributed by atoms with Crippen LogP contribution in [0.25, 0.3) is 10.9 Å². The van der Waals surface area contributed by atoms with Gasteiger partial charge >= 0.3 is 0 Å². The Bertz CT molecular complexity index is 872. The number of nitrogens with zero attached hydrogens (tertiary/aromatic N) is 3. The minimum Gasteiger partial charge on any atom is -0.322 e. The molecule has 6 nitrogen and oxygen atoms in total. The van der Waals surface area contributed by atoms with E-state index in [1.54, 1.807) is 6.20 Å². The quantitative estimate of drug-likeness (QED) is 0.775. The molecule has 23 heavy (non-hydrogen) atoms. The van der Waals surface area contributed by atoms with Crippen LogP contribution in [0.3, 0.4) is 0 Å². The molecular formula is C17H19N5O. The Hall–Kier alpha value is -2.63. The normalized spacial score (nSPS) is 14.6. The maximum atomic E-state index is 12.5. The van der Waals surface area contributed by atoms with Crippen molar-refractivity contribution in [3.63, 3.8) is 0 Å². The summed E-state index contributed by atoms with van der Waals surface area (Å²) in [5, 5.41) is 15.4. The average Bonchev–Trinajstić information content (AvgIpc) is 3.10. The zero-order valence-corrected chi connectivity index (χ0v) is 13.2. The molecule has 2 aromatic heterocycles. The van der Waals surface area contributed by atoms with Crippen molar-refractivity contribution in [3.05, 3.63) is 41.9 Å². The first-order chi connectivity index (χ1) is 11.1. The van der Waals surface area contributed by atoms with Gasteiger partial charge in [0, 0.05) is 23.0 Å². The molecule has 0 unspecified atom stereocenters. The first kappa shape index (κ1) is 14.0. The van der Waals surface area contributed by atoms with Gasteiger partial charge < -0.3 is 5.32 Å². The van der Waals surface area contributed by atoms with Gasteiger partial charge in [-0.05, 0) is 44.9 Å². The third kappa shape index (κ3) is 2.50. The van der Waals surface area contributed by atoms with Crippen LogP contribution < -0.4 is 5.32 Å². The Labute approximate surface area is 133 Å². The molecule has 6 heteroatoms. The zero-order valence-electron chi connectivity index (χ0n) is 13.2. The molecule has 2 heterocycles. The van der Waals surface area contributed by atoms with Crippen molar-refractivity contribution >= 4 is 22.5 Å². The number of anilines is 1. The SMILES string of the molecule is CC(C)n1ncc2ccc(NC(=O)c3cn[nH]c3C3CC3)cc21. The molecule has 1 aliphatic rings. The first-order valence-corrected chi connectivity index (χ1v) is 7.95. The molecular weight excluding hydrogens is 290 g/mol. The molecule has 1 saturated carbocycles. The van der Waals surface area contributed by atoms with E-state index in [0.29, 0.717) is 11.5 Å². The average molecular weight is 309 g/mol. The summed E-state index contributed by atoms with van der Waals surface area (Å²) < 4.78 is 1.96. The Balaban J connectivity index is 1.63. The highest BCUT2D eigenvalue weighted by molar-refractivity contribution is 6.05. The smallest absolute Gasteiger partial charge is 0.259 e. The molecule has 0 atom stereocenters. The van der Waals surface area contributed by atoms with E-state index in [1.165, 1.54) is 0 Å². The predicted molar refractivity (Wildman–Crippen MR) is 88.6 cm³/mol. The summed E-state index contributed by atoms with van der Waals surface area (Å²) in [6, 6.07) is 6.13. The summed E-state index contributed by atoms with van der Waals surface area (Å²) in [5.41, 5.74) is 3.39. The van der Waals surface area contributed by atoms with Crippen molar-refractivity contribution in [3.8, 4) is 0 Å². The summed E-state index contributed by atoms with van der Waals surface area (Å²) in [4.78, 5) is 12.5. The van der Waals surface area contributed by atoms with Crippen molar-refractivity contribution in [1.82, 2.24) is 20.0 Å². The number of carbonyl (C=O) groups is 1. The maximum Gasteiger partial charge on any atom is 0.259 e. The standard InChI is InChI=1S/C17H19N5O/c1-10(2)22-15-7-13(6-5-12(15)8-19-22)20-17(23)14-9-18-21-16(14)11-3-4-11/h5-11H,3-4H2,1-2H3,(H,18,21)(H,20,23). The number of fused-ring (bicyclic) bond motifs is 1. The lowest BCUT2D eigenvalue weighted by molar-refractivity contribution is 0.102. The molecule has 0 bridgehead atoms. The highest BCUT2D eigenvalue weighted by Gasteiger charge is 2.29. The molecule has 118 valence electrons. The second kappa shape index (κ2) is 5.22. The van der Waals surface area contributed by atoms with E-state index >= 15 is 0 Å². The Morgan fingerprint density at radius 2 is 2.17 bits per heavy atom. The minimum absolute atomic E-state index is 0.115. The number of nitrogens with one attached hydrogen (secondary N) is 2. The highest BCUT2D eigenvalue weighted by Crippen LogP contribution is 2.40. The van der Waals surface area contributed by atoms with E-state index in [4.69, 9.17) is 0 Å². The van der Waals surface area contributed by atoms with Crippen LogP contribution in [0.1, 0.15) is 54.7 Å². The molecule has 4 rings (SSSR count). The van der Waals surface area contributed by atoms with E-state index in [0.717, 1.165) is 35.1 Å². The maximum absolute atomic E-state index is 12.5. The van der Waals surface area contributed by atoms with Crippen molar-refractivity contribution in [2.24, 2.45) is 0 Å². The number of hydrogen-bond acceptors (Lipinski definition) is 3. The van der Waals surface area contributed by atoms with E-state index in [2.05, 4.69) is 34.5 Å². The summed E-state index contributed by atoms with van der Waals surface area (Å²) in [6.45, 7) is 4.18. The Morgan fingerprint density at radius 3 is 2.91 bits per heavy atom. The van der Waals surface area contributed by atoms with E-state index in [-0.39, 0.29) is 11.9 Å². The van der Waals surface area contributed by atoms with Crippen LogP contribution in [0.4, 0.5) is 5.69 Å². The number of rotatable bonds is 4. The van der Waals surface area contributed by atoms with Crippen LogP contribution in [-0.4, -0.2) is 25.9 Å². The van der Waals surface area contributed by atoms with Crippen LogP contribution in [0, 0.1) is 0 Å². The van der Waals surface area contributed by atoms with Gasteiger partial charge in [-0.3, -0.25) is 14.6 Å². The van der Waals surface area contributed by atoms with Crippen molar-refractivity contribution < 1.29 is 4.79 Å². The molecule has 0 saturated heterocycles.